The van der Waals surface area contributed by atoms with E-state index in [4.69, 9.17) is 4.74 Å². The number of hydrogen-bond donors (Lipinski definition) is 1. The molecule has 2 aromatic carbocycles. The van der Waals surface area contributed by atoms with Crippen LogP contribution in [0.5, 0.6) is 0 Å². The summed E-state index contributed by atoms with van der Waals surface area (Å²) in [4.78, 5) is 24.1. The fourth-order valence-corrected chi connectivity index (χ4v) is 3.64. The van der Waals surface area contributed by atoms with Gasteiger partial charge in [-0.15, -0.1) is 0 Å². The first-order valence-corrected chi connectivity index (χ1v) is 9.46. The summed E-state index contributed by atoms with van der Waals surface area (Å²) >= 11 is 0. The molecule has 1 N–H and O–H groups in total. The molecule has 0 radical (unpaired) electrons. The molecule has 0 fully saturated rings. The molecule has 0 aliphatic carbocycles. The standard InChI is InChI=1S/C19H21NO5S/c1-19(2,3)20-26(23,24)16-11-7-10-15(12-16)18(22)25-13-17(21)14-8-5-4-6-9-14/h4-12,20H,13H2,1-3H3. The molecule has 138 valence electrons. The Morgan fingerprint density at radius 2 is 1.58 bits per heavy atom. The molecule has 0 amide bonds. The molecule has 0 spiro atoms. The third kappa shape index (κ3) is 5.50. The maximum Gasteiger partial charge on any atom is 0.338 e. The minimum Gasteiger partial charge on any atom is -0.454 e. The van der Waals surface area contributed by atoms with E-state index >= 15 is 0 Å². The van der Waals surface area contributed by atoms with E-state index in [-0.39, 0.29) is 16.2 Å². The Hall–Kier alpha value is -2.51. The Balaban J connectivity index is 2.10. The maximum absolute atomic E-state index is 12.4. The van der Waals surface area contributed by atoms with Gasteiger partial charge in [0, 0.05) is 11.1 Å². The van der Waals surface area contributed by atoms with Gasteiger partial charge < -0.3 is 4.74 Å². The zero-order chi connectivity index (χ0) is 19.4. The van der Waals surface area contributed by atoms with E-state index in [2.05, 4.69) is 4.72 Å². The lowest BCUT2D eigenvalue weighted by molar-refractivity contribution is 0.0474. The van der Waals surface area contributed by atoms with Crippen molar-refractivity contribution in [2.45, 2.75) is 31.2 Å². The quantitative estimate of drug-likeness (QED) is 0.619. The highest BCUT2D eigenvalue weighted by Gasteiger charge is 2.23. The summed E-state index contributed by atoms with van der Waals surface area (Å²) in [6.07, 6.45) is 0. The molecule has 0 aromatic heterocycles. The molecule has 7 heteroatoms. The topological polar surface area (TPSA) is 89.5 Å². The second-order valence-electron chi connectivity index (χ2n) is 6.75. The third-order valence-electron chi connectivity index (χ3n) is 3.25. The number of sulfonamides is 1. The number of Topliss-reactive ketones (excluding diaryl/α,β-unsaturated/α-hetero) is 1. The number of nitrogens with one attached hydrogen (secondary N) is 1. The van der Waals surface area contributed by atoms with Gasteiger partial charge in [-0.2, -0.15) is 0 Å². The van der Waals surface area contributed by atoms with E-state index < -0.39 is 28.1 Å². The highest BCUT2D eigenvalue weighted by molar-refractivity contribution is 7.89. The molecule has 0 saturated heterocycles. The van der Waals surface area contributed by atoms with E-state index in [1.807, 2.05) is 0 Å². The summed E-state index contributed by atoms with van der Waals surface area (Å²) < 4.78 is 32.2. The molecule has 0 heterocycles. The summed E-state index contributed by atoms with van der Waals surface area (Å²) in [5.74, 6) is -1.10. The lowest BCUT2D eigenvalue weighted by atomic mass is 10.1. The molecule has 6 nitrogen and oxygen atoms in total. The molecule has 0 saturated carbocycles. The molecule has 26 heavy (non-hydrogen) atoms. The van der Waals surface area contributed by atoms with Crippen LogP contribution in [0.4, 0.5) is 0 Å². The highest BCUT2D eigenvalue weighted by Crippen LogP contribution is 2.15. The molecule has 2 rings (SSSR count). The summed E-state index contributed by atoms with van der Waals surface area (Å²) in [5.41, 5.74) is -0.161. The lowest BCUT2D eigenvalue weighted by Crippen LogP contribution is -2.40. The number of esters is 1. The Morgan fingerprint density at radius 3 is 2.19 bits per heavy atom. The van der Waals surface area contributed by atoms with E-state index in [0.717, 1.165) is 0 Å². The second kappa shape index (κ2) is 7.80. The zero-order valence-corrected chi connectivity index (χ0v) is 15.7. The SMILES string of the molecule is CC(C)(C)NS(=O)(=O)c1cccc(C(=O)OCC(=O)c2ccccc2)c1. The van der Waals surface area contributed by atoms with Gasteiger partial charge in [-0.05, 0) is 39.0 Å². The Bertz CT molecular complexity index is 899. The lowest BCUT2D eigenvalue weighted by Gasteiger charge is -2.20. The van der Waals surface area contributed by atoms with Gasteiger partial charge in [0.05, 0.1) is 10.5 Å². The molecule has 0 aliphatic rings. The van der Waals surface area contributed by atoms with Gasteiger partial charge >= 0.3 is 5.97 Å². The Kier molecular flexibility index (Phi) is 5.94. The van der Waals surface area contributed by atoms with Crippen LogP contribution >= 0.6 is 0 Å². The minimum absolute atomic E-state index is 0.0451. The monoisotopic (exact) mass is 375 g/mol. The van der Waals surface area contributed by atoms with Crippen LogP contribution in [0.15, 0.2) is 59.5 Å². The second-order valence-corrected chi connectivity index (χ2v) is 8.43. The van der Waals surface area contributed by atoms with Crippen LogP contribution in [0, 0.1) is 0 Å². The predicted molar refractivity (Wildman–Crippen MR) is 97.6 cm³/mol. The highest BCUT2D eigenvalue weighted by atomic mass is 32.2. The van der Waals surface area contributed by atoms with Gasteiger partial charge in [-0.3, -0.25) is 4.79 Å². The van der Waals surface area contributed by atoms with E-state index in [1.54, 1.807) is 51.1 Å². The summed E-state index contributed by atoms with van der Waals surface area (Å²) in [6, 6.07) is 14.0. The summed E-state index contributed by atoms with van der Waals surface area (Å²) in [7, 11) is -3.77. The largest absolute Gasteiger partial charge is 0.454 e. The van der Waals surface area contributed by atoms with Crippen molar-refractivity contribution in [3.05, 3.63) is 65.7 Å². The van der Waals surface area contributed by atoms with Gasteiger partial charge in [0.25, 0.3) is 0 Å². The van der Waals surface area contributed by atoms with Crippen molar-refractivity contribution < 1.29 is 22.7 Å². The number of benzene rings is 2. The van der Waals surface area contributed by atoms with E-state index in [1.165, 1.54) is 24.3 Å². The van der Waals surface area contributed by atoms with Crippen molar-refractivity contribution in [1.29, 1.82) is 0 Å². The Morgan fingerprint density at radius 1 is 0.962 bits per heavy atom. The molecule has 2 aromatic rings. The van der Waals surface area contributed by atoms with Crippen molar-refractivity contribution in [1.82, 2.24) is 4.72 Å². The van der Waals surface area contributed by atoms with Crippen molar-refractivity contribution in [3.8, 4) is 0 Å². The average molecular weight is 375 g/mol. The van der Waals surface area contributed by atoms with Crippen LogP contribution in [0.2, 0.25) is 0 Å². The van der Waals surface area contributed by atoms with Crippen LogP contribution in [-0.4, -0.2) is 32.3 Å². The molecule has 0 aliphatic heterocycles. The van der Waals surface area contributed by atoms with Crippen molar-refractivity contribution in [3.63, 3.8) is 0 Å². The predicted octanol–water partition coefficient (Wildman–Crippen LogP) is 2.80. The van der Waals surface area contributed by atoms with Gasteiger partial charge in [-0.25, -0.2) is 17.9 Å². The minimum atomic E-state index is -3.77. The number of carbonyl (C=O) groups is 2. The zero-order valence-electron chi connectivity index (χ0n) is 14.9. The van der Waals surface area contributed by atoms with Gasteiger partial charge in [-0.1, -0.05) is 36.4 Å². The molecule has 0 bridgehead atoms. The van der Waals surface area contributed by atoms with Crippen molar-refractivity contribution >= 4 is 21.8 Å². The van der Waals surface area contributed by atoms with Crippen LogP contribution in [-0.2, 0) is 14.8 Å². The maximum atomic E-state index is 12.4. The fraction of sp³-hybridized carbons (Fsp3) is 0.263. The average Bonchev–Trinajstić information content (AvgIpc) is 2.58. The van der Waals surface area contributed by atoms with Crippen LogP contribution in [0.3, 0.4) is 0 Å². The molecule has 0 atom stereocenters. The number of carbonyl (C=O) groups excluding carboxylic acids is 2. The fourth-order valence-electron chi connectivity index (χ4n) is 2.17. The van der Waals surface area contributed by atoms with Crippen LogP contribution in [0.1, 0.15) is 41.5 Å². The smallest absolute Gasteiger partial charge is 0.338 e. The number of rotatable bonds is 6. The summed E-state index contributed by atoms with van der Waals surface area (Å²) in [6.45, 7) is 4.74. The van der Waals surface area contributed by atoms with Crippen LogP contribution < -0.4 is 4.72 Å². The molecular weight excluding hydrogens is 354 g/mol. The molecular formula is C19H21NO5S. The number of ether oxygens (including phenoxy) is 1. The van der Waals surface area contributed by atoms with Crippen molar-refractivity contribution in [2.24, 2.45) is 0 Å². The third-order valence-corrected chi connectivity index (χ3v) is 5.01. The first kappa shape index (κ1) is 19.8. The van der Waals surface area contributed by atoms with E-state index in [9.17, 15) is 18.0 Å². The summed E-state index contributed by atoms with van der Waals surface area (Å²) in [5, 5.41) is 0. The van der Waals surface area contributed by atoms with Crippen molar-refractivity contribution in [2.75, 3.05) is 6.61 Å². The van der Waals surface area contributed by atoms with Gasteiger partial charge in [0.1, 0.15) is 0 Å². The van der Waals surface area contributed by atoms with E-state index in [0.29, 0.717) is 5.56 Å². The van der Waals surface area contributed by atoms with Crippen LogP contribution in [0.25, 0.3) is 0 Å². The van der Waals surface area contributed by atoms with Gasteiger partial charge in [0.15, 0.2) is 12.4 Å². The van der Waals surface area contributed by atoms with Gasteiger partial charge in [0.2, 0.25) is 10.0 Å². The first-order chi connectivity index (χ1) is 12.1. The number of ketones is 1. The molecule has 0 unspecified atom stereocenters. The normalized spacial score (nSPS) is 11.8. The Labute approximate surface area is 153 Å². The number of hydrogen-bond acceptors (Lipinski definition) is 5. The first-order valence-electron chi connectivity index (χ1n) is 7.98.